The van der Waals surface area contributed by atoms with E-state index in [-0.39, 0.29) is 6.42 Å². The van der Waals surface area contributed by atoms with Gasteiger partial charge in [-0.25, -0.2) is 0 Å². The van der Waals surface area contributed by atoms with Crippen LogP contribution >= 0.6 is 0 Å². The first kappa shape index (κ1) is 10.7. The largest absolute Gasteiger partial charge is 0.481 e. The molecule has 0 aliphatic heterocycles. The van der Waals surface area contributed by atoms with E-state index in [0.717, 1.165) is 22.2 Å². The first-order chi connectivity index (χ1) is 7.59. The van der Waals surface area contributed by atoms with Gasteiger partial charge >= 0.3 is 5.97 Å². The van der Waals surface area contributed by atoms with Crippen molar-refractivity contribution in [2.45, 2.75) is 19.8 Å². The van der Waals surface area contributed by atoms with Gasteiger partial charge in [0.05, 0.1) is 11.9 Å². The molecular formula is C12H14N2O2. The highest BCUT2D eigenvalue weighted by molar-refractivity contribution is 5.85. The maximum atomic E-state index is 10.6. The van der Waals surface area contributed by atoms with E-state index >= 15 is 0 Å². The molecule has 2 aromatic rings. The van der Waals surface area contributed by atoms with Crippen LogP contribution in [0.4, 0.5) is 0 Å². The topological polar surface area (TPSA) is 55.1 Å². The summed E-state index contributed by atoms with van der Waals surface area (Å²) in [6.45, 7) is 2.02. The lowest BCUT2D eigenvalue weighted by Gasteiger charge is -2.02. The molecule has 0 spiro atoms. The molecule has 0 unspecified atom stereocenters. The second kappa shape index (κ2) is 3.96. The third kappa shape index (κ3) is 1.78. The van der Waals surface area contributed by atoms with Crippen LogP contribution in [0.3, 0.4) is 0 Å². The van der Waals surface area contributed by atoms with E-state index in [1.165, 1.54) is 0 Å². The molecule has 84 valence electrons. The third-order valence-electron chi connectivity index (χ3n) is 2.76. The Balaban J connectivity index is 2.50. The fraction of sp³-hybridized carbons (Fsp3) is 0.333. The number of aromatic nitrogens is 2. The zero-order valence-electron chi connectivity index (χ0n) is 9.40. The molecule has 1 heterocycles. The molecule has 0 saturated carbocycles. The van der Waals surface area contributed by atoms with Gasteiger partial charge in [0, 0.05) is 24.5 Å². The Bertz CT molecular complexity index is 543. The molecule has 0 amide bonds. The van der Waals surface area contributed by atoms with E-state index in [9.17, 15) is 4.79 Å². The smallest absolute Gasteiger partial charge is 0.303 e. The Morgan fingerprint density at radius 2 is 2.25 bits per heavy atom. The highest BCUT2D eigenvalue weighted by atomic mass is 16.4. The Morgan fingerprint density at radius 3 is 2.94 bits per heavy atom. The van der Waals surface area contributed by atoms with Gasteiger partial charge in [-0.15, -0.1) is 0 Å². The summed E-state index contributed by atoms with van der Waals surface area (Å²) in [5, 5.41) is 14.2. The average molecular weight is 218 g/mol. The Hall–Kier alpha value is -1.84. The highest BCUT2D eigenvalue weighted by Crippen LogP contribution is 2.22. The number of carboxylic acid groups (broad SMARTS) is 1. The lowest BCUT2D eigenvalue weighted by Crippen LogP contribution is -2.03. The molecule has 0 aliphatic rings. The van der Waals surface area contributed by atoms with Crippen LogP contribution in [-0.4, -0.2) is 20.9 Å². The molecule has 0 atom stereocenters. The van der Waals surface area contributed by atoms with E-state index in [1.807, 2.05) is 32.2 Å². The molecule has 1 N–H and O–H groups in total. The van der Waals surface area contributed by atoms with E-state index in [4.69, 9.17) is 5.11 Å². The van der Waals surface area contributed by atoms with E-state index < -0.39 is 5.97 Å². The van der Waals surface area contributed by atoms with Gasteiger partial charge in [-0.1, -0.05) is 12.1 Å². The van der Waals surface area contributed by atoms with Gasteiger partial charge in [0.15, 0.2) is 0 Å². The molecule has 0 aliphatic carbocycles. The Kier molecular flexibility index (Phi) is 2.64. The van der Waals surface area contributed by atoms with Crippen molar-refractivity contribution in [3.63, 3.8) is 0 Å². The number of fused-ring (bicyclic) bond motifs is 1. The molecular weight excluding hydrogens is 204 g/mol. The lowest BCUT2D eigenvalue weighted by molar-refractivity contribution is -0.136. The number of aryl methyl sites for hydroxylation is 3. The number of hydrogen-bond donors (Lipinski definition) is 1. The number of carbonyl (C=O) groups is 1. The summed E-state index contributed by atoms with van der Waals surface area (Å²) in [4.78, 5) is 10.6. The minimum absolute atomic E-state index is 0.142. The summed E-state index contributed by atoms with van der Waals surface area (Å²) in [5.41, 5.74) is 3.07. The maximum Gasteiger partial charge on any atom is 0.303 e. The molecule has 0 bridgehead atoms. The Morgan fingerprint density at radius 1 is 1.50 bits per heavy atom. The molecule has 0 saturated heterocycles. The van der Waals surface area contributed by atoms with Crippen LogP contribution in [0.25, 0.3) is 10.9 Å². The van der Waals surface area contributed by atoms with Crippen molar-refractivity contribution in [1.82, 2.24) is 9.78 Å². The van der Waals surface area contributed by atoms with E-state index in [2.05, 4.69) is 5.10 Å². The molecule has 0 fully saturated rings. The van der Waals surface area contributed by atoms with Crippen molar-refractivity contribution in [3.05, 3.63) is 29.5 Å². The van der Waals surface area contributed by atoms with Crippen molar-refractivity contribution in [2.75, 3.05) is 0 Å². The average Bonchev–Trinajstić information content (AvgIpc) is 2.52. The van der Waals surface area contributed by atoms with Gasteiger partial charge in [-0.2, -0.15) is 5.10 Å². The second-order valence-electron chi connectivity index (χ2n) is 3.93. The third-order valence-corrected chi connectivity index (χ3v) is 2.76. The molecule has 1 aromatic heterocycles. The second-order valence-corrected chi connectivity index (χ2v) is 3.93. The fourth-order valence-corrected chi connectivity index (χ4v) is 2.01. The predicted octanol–water partition coefficient (Wildman–Crippen LogP) is 1.90. The summed E-state index contributed by atoms with van der Waals surface area (Å²) < 4.78 is 1.78. The van der Waals surface area contributed by atoms with Crippen molar-refractivity contribution in [2.24, 2.45) is 7.05 Å². The van der Waals surface area contributed by atoms with Crippen LogP contribution in [0.2, 0.25) is 0 Å². The number of carboxylic acids is 1. The van der Waals surface area contributed by atoms with E-state index in [0.29, 0.717) is 6.42 Å². The summed E-state index contributed by atoms with van der Waals surface area (Å²) >= 11 is 0. The molecule has 16 heavy (non-hydrogen) atoms. The first-order valence-corrected chi connectivity index (χ1v) is 5.22. The number of hydrogen-bond acceptors (Lipinski definition) is 2. The highest BCUT2D eigenvalue weighted by Gasteiger charge is 2.11. The van der Waals surface area contributed by atoms with Crippen LogP contribution in [0.1, 0.15) is 17.7 Å². The fourth-order valence-electron chi connectivity index (χ4n) is 2.01. The van der Waals surface area contributed by atoms with Gasteiger partial charge < -0.3 is 5.11 Å². The molecule has 4 heteroatoms. The van der Waals surface area contributed by atoms with Gasteiger partial charge in [-0.05, 0) is 18.6 Å². The maximum absolute atomic E-state index is 10.6. The molecule has 1 aromatic carbocycles. The summed E-state index contributed by atoms with van der Waals surface area (Å²) in [5.74, 6) is -0.775. The van der Waals surface area contributed by atoms with Crippen molar-refractivity contribution < 1.29 is 9.90 Å². The van der Waals surface area contributed by atoms with E-state index in [1.54, 1.807) is 4.68 Å². The number of rotatable bonds is 3. The van der Waals surface area contributed by atoms with Crippen molar-refractivity contribution >= 4 is 16.9 Å². The molecule has 4 nitrogen and oxygen atoms in total. The standard InChI is InChI=1S/C12H14N2O2/c1-8-4-3-5-9-12(8)10(14(2)13-9)6-7-11(15)16/h3-5H,6-7H2,1-2H3,(H,15,16). The number of benzene rings is 1. The predicted molar refractivity (Wildman–Crippen MR) is 61.4 cm³/mol. The van der Waals surface area contributed by atoms with Gasteiger partial charge in [0.1, 0.15) is 0 Å². The summed E-state index contributed by atoms with van der Waals surface area (Å²) in [6.07, 6.45) is 0.663. The molecule has 0 radical (unpaired) electrons. The zero-order valence-corrected chi connectivity index (χ0v) is 9.40. The minimum Gasteiger partial charge on any atom is -0.481 e. The van der Waals surface area contributed by atoms with Crippen LogP contribution in [0.5, 0.6) is 0 Å². The van der Waals surface area contributed by atoms with Gasteiger partial charge in [0.25, 0.3) is 0 Å². The van der Waals surface area contributed by atoms with Crippen LogP contribution < -0.4 is 0 Å². The SMILES string of the molecule is Cc1cccc2nn(C)c(CCC(=O)O)c12. The summed E-state index contributed by atoms with van der Waals surface area (Å²) in [7, 11) is 1.86. The minimum atomic E-state index is -0.775. The zero-order chi connectivity index (χ0) is 11.7. The first-order valence-electron chi connectivity index (χ1n) is 5.22. The van der Waals surface area contributed by atoms with Crippen LogP contribution in [-0.2, 0) is 18.3 Å². The summed E-state index contributed by atoms with van der Waals surface area (Å²) in [6, 6.07) is 5.94. The van der Waals surface area contributed by atoms with Crippen LogP contribution in [0, 0.1) is 6.92 Å². The van der Waals surface area contributed by atoms with Crippen LogP contribution in [0.15, 0.2) is 18.2 Å². The quantitative estimate of drug-likeness (QED) is 0.856. The Labute approximate surface area is 93.5 Å². The number of aliphatic carboxylic acids is 1. The monoisotopic (exact) mass is 218 g/mol. The molecule has 2 rings (SSSR count). The lowest BCUT2D eigenvalue weighted by atomic mass is 10.1. The number of nitrogens with zero attached hydrogens (tertiary/aromatic N) is 2. The van der Waals surface area contributed by atoms with Gasteiger partial charge in [-0.3, -0.25) is 9.48 Å². The van der Waals surface area contributed by atoms with Crippen molar-refractivity contribution in [1.29, 1.82) is 0 Å². The van der Waals surface area contributed by atoms with Gasteiger partial charge in [0.2, 0.25) is 0 Å². The normalized spacial score (nSPS) is 10.9. The van der Waals surface area contributed by atoms with Crippen molar-refractivity contribution in [3.8, 4) is 0 Å².